The van der Waals surface area contributed by atoms with E-state index in [9.17, 15) is 9.59 Å². The van der Waals surface area contributed by atoms with Crippen molar-refractivity contribution in [2.24, 2.45) is 5.92 Å². The number of aryl methyl sites for hydroxylation is 1. The molecule has 0 unspecified atom stereocenters. The number of carboxylic acids is 1. The van der Waals surface area contributed by atoms with Crippen LogP contribution in [0.5, 0.6) is 0 Å². The van der Waals surface area contributed by atoms with E-state index in [-0.39, 0.29) is 11.6 Å². The summed E-state index contributed by atoms with van der Waals surface area (Å²) in [5.41, 5.74) is 1.48. The summed E-state index contributed by atoms with van der Waals surface area (Å²) < 4.78 is 0. The van der Waals surface area contributed by atoms with Gasteiger partial charge in [-0.05, 0) is 49.4 Å². The lowest BCUT2D eigenvalue weighted by Crippen LogP contribution is -2.30. The van der Waals surface area contributed by atoms with E-state index < -0.39 is 5.97 Å². The van der Waals surface area contributed by atoms with Crippen LogP contribution in [0.25, 0.3) is 0 Å². The van der Waals surface area contributed by atoms with Crippen LogP contribution < -0.4 is 10.6 Å². The minimum Gasteiger partial charge on any atom is -0.478 e. The van der Waals surface area contributed by atoms with Gasteiger partial charge in [-0.1, -0.05) is 0 Å². The molecule has 0 radical (unpaired) electrons. The minimum atomic E-state index is -0.961. The minimum absolute atomic E-state index is 0.246. The van der Waals surface area contributed by atoms with E-state index in [0.29, 0.717) is 23.7 Å². The standard InChI is InChI=1S/C13H16N2O3/c1-8-6-10(4-5-11(8)12(16)17)15-13(18)14-7-9-2-3-9/h4-6,9H,2-3,7H2,1H3,(H,16,17)(H2,14,15,18). The maximum absolute atomic E-state index is 11.5. The smallest absolute Gasteiger partial charge is 0.335 e. The number of anilines is 1. The molecule has 0 saturated heterocycles. The van der Waals surface area contributed by atoms with Crippen molar-refractivity contribution in [3.63, 3.8) is 0 Å². The Balaban J connectivity index is 1.94. The Bertz CT molecular complexity index is 481. The summed E-state index contributed by atoms with van der Waals surface area (Å²) >= 11 is 0. The number of hydrogen-bond donors (Lipinski definition) is 3. The van der Waals surface area contributed by atoms with Crippen molar-refractivity contribution >= 4 is 17.7 Å². The predicted octanol–water partition coefficient (Wildman–Crippen LogP) is 2.22. The van der Waals surface area contributed by atoms with Crippen LogP contribution in [0.1, 0.15) is 28.8 Å². The van der Waals surface area contributed by atoms with E-state index in [1.54, 1.807) is 19.1 Å². The number of urea groups is 1. The fourth-order valence-corrected chi connectivity index (χ4v) is 1.72. The number of benzene rings is 1. The topological polar surface area (TPSA) is 78.4 Å². The van der Waals surface area contributed by atoms with E-state index in [4.69, 9.17) is 5.11 Å². The average Bonchev–Trinajstić information content (AvgIpc) is 3.09. The third-order valence-corrected chi connectivity index (χ3v) is 2.96. The van der Waals surface area contributed by atoms with Gasteiger partial charge in [0.05, 0.1) is 5.56 Å². The van der Waals surface area contributed by atoms with Crippen molar-refractivity contribution in [2.45, 2.75) is 19.8 Å². The second-order valence-corrected chi connectivity index (χ2v) is 4.61. The first-order valence-electron chi connectivity index (χ1n) is 5.95. The Labute approximate surface area is 105 Å². The van der Waals surface area contributed by atoms with Gasteiger partial charge in [0, 0.05) is 12.2 Å². The molecule has 0 atom stereocenters. The largest absolute Gasteiger partial charge is 0.478 e. The first kappa shape index (κ1) is 12.4. The van der Waals surface area contributed by atoms with Gasteiger partial charge in [0.1, 0.15) is 0 Å². The molecule has 0 spiro atoms. The molecule has 1 aromatic carbocycles. The number of rotatable bonds is 4. The second kappa shape index (κ2) is 5.08. The highest BCUT2D eigenvalue weighted by molar-refractivity contribution is 5.92. The van der Waals surface area contributed by atoms with Crippen molar-refractivity contribution in [1.82, 2.24) is 5.32 Å². The number of aromatic carboxylic acids is 1. The maximum Gasteiger partial charge on any atom is 0.335 e. The summed E-state index contributed by atoms with van der Waals surface area (Å²) in [5.74, 6) is -0.330. The molecule has 1 aromatic rings. The average molecular weight is 248 g/mol. The van der Waals surface area contributed by atoms with Crippen LogP contribution in [0.2, 0.25) is 0 Å². The number of amides is 2. The van der Waals surface area contributed by atoms with E-state index in [1.807, 2.05) is 0 Å². The van der Waals surface area contributed by atoms with Gasteiger partial charge in [0.2, 0.25) is 0 Å². The van der Waals surface area contributed by atoms with Crippen LogP contribution in [0, 0.1) is 12.8 Å². The van der Waals surface area contributed by atoms with Gasteiger partial charge in [-0.3, -0.25) is 0 Å². The molecule has 5 heteroatoms. The van der Waals surface area contributed by atoms with Crippen molar-refractivity contribution < 1.29 is 14.7 Å². The number of hydrogen-bond acceptors (Lipinski definition) is 2. The molecule has 1 aliphatic rings. The van der Waals surface area contributed by atoms with Crippen molar-refractivity contribution in [1.29, 1.82) is 0 Å². The Morgan fingerprint density at radius 3 is 2.67 bits per heavy atom. The van der Waals surface area contributed by atoms with Gasteiger partial charge in [0.25, 0.3) is 0 Å². The molecule has 1 saturated carbocycles. The van der Waals surface area contributed by atoms with Gasteiger partial charge >= 0.3 is 12.0 Å². The molecule has 96 valence electrons. The van der Waals surface area contributed by atoms with Crippen molar-refractivity contribution in [2.75, 3.05) is 11.9 Å². The van der Waals surface area contributed by atoms with Crippen LogP contribution in [0.15, 0.2) is 18.2 Å². The van der Waals surface area contributed by atoms with E-state index in [2.05, 4.69) is 10.6 Å². The third kappa shape index (κ3) is 3.23. The van der Waals surface area contributed by atoms with Crippen molar-refractivity contribution in [3.8, 4) is 0 Å². The SMILES string of the molecule is Cc1cc(NC(=O)NCC2CC2)ccc1C(=O)O. The van der Waals surface area contributed by atoms with Gasteiger partial charge in [-0.15, -0.1) is 0 Å². The zero-order valence-electron chi connectivity index (χ0n) is 10.2. The quantitative estimate of drug-likeness (QED) is 0.764. The first-order chi connectivity index (χ1) is 8.56. The molecule has 3 N–H and O–H groups in total. The summed E-state index contributed by atoms with van der Waals surface area (Å²) in [4.78, 5) is 22.4. The van der Waals surface area contributed by atoms with Gasteiger partial charge in [-0.2, -0.15) is 0 Å². The lowest BCUT2D eigenvalue weighted by atomic mass is 10.1. The number of carbonyl (C=O) groups is 2. The molecular formula is C13H16N2O3. The molecule has 18 heavy (non-hydrogen) atoms. The zero-order valence-corrected chi connectivity index (χ0v) is 10.2. The lowest BCUT2D eigenvalue weighted by molar-refractivity contribution is 0.0696. The highest BCUT2D eigenvalue weighted by atomic mass is 16.4. The van der Waals surface area contributed by atoms with Crippen LogP contribution in [-0.2, 0) is 0 Å². The normalized spacial score (nSPS) is 14.1. The third-order valence-electron chi connectivity index (χ3n) is 2.96. The fraction of sp³-hybridized carbons (Fsp3) is 0.385. The molecule has 2 rings (SSSR count). The molecule has 0 aliphatic heterocycles. The highest BCUT2D eigenvalue weighted by Crippen LogP contribution is 2.27. The second-order valence-electron chi connectivity index (χ2n) is 4.61. The summed E-state index contributed by atoms with van der Waals surface area (Å²) in [6, 6.07) is 4.49. The monoisotopic (exact) mass is 248 g/mol. The predicted molar refractivity (Wildman–Crippen MR) is 67.9 cm³/mol. The van der Waals surface area contributed by atoms with Gasteiger partial charge < -0.3 is 15.7 Å². The van der Waals surface area contributed by atoms with E-state index in [1.165, 1.54) is 18.9 Å². The molecule has 2 amide bonds. The Kier molecular flexibility index (Phi) is 3.50. The Hall–Kier alpha value is -2.04. The molecule has 0 bridgehead atoms. The molecule has 5 nitrogen and oxygen atoms in total. The molecule has 1 fully saturated rings. The molecule has 0 aromatic heterocycles. The fourth-order valence-electron chi connectivity index (χ4n) is 1.72. The maximum atomic E-state index is 11.5. The van der Waals surface area contributed by atoms with Gasteiger partial charge in [0.15, 0.2) is 0 Å². The Morgan fingerprint density at radius 1 is 1.39 bits per heavy atom. The lowest BCUT2D eigenvalue weighted by Gasteiger charge is -2.08. The molecule has 1 aliphatic carbocycles. The van der Waals surface area contributed by atoms with Crippen LogP contribution in [0.3, 0.4) is 0 Å². The number of nitrogens with one attached hydrogen (secondary N) is 2. The molecule has 0 heterocycles. The van der Waals surface area contributed by atoms with Crippen LogP contribution >= 0.6 is 0 Å². The highest BCUT2D eigenvalue weighted by Gasteiger charge is 2.21. The van der Waals surface area contributed by atoms with E-state index in [0.717, 1.165) is 0 Å². The van der Waals surface area contributed by atoms with Crippen LogP contribution in [0.4, 0.5) is 10.5 Å². The first-order valence-corrected chi connectivity index (χ1v) is 5.95. The molecular weight excluding hydrogens is 232 g/mol. The Morgan fingerprint density at radius 2 is 2.11 bits per heavy atom. The summed E-state index contributed by atoms with van der Waals surface area (Å²) in [6.45, 7) is 2.41. The summed E-state index contributed by atoms with van der Waals surface area (Å²) in [5, 5.41) is 14.4. The van der Waals surface area contributed by atoms with Crippen molar-refractivity contribution in [3.05, 3.63) is 29.3 Å². The van der Waals surface area contributed by atoms with Gasteiger partial charge in [-0.25, -0.2) is 9.59 Å². The van der Waals surface area contributed by atoms with Crippen LogP contribution in [-0.4, -0.2) is 23.7 Å². The number of carboxylic acid groups (broad SMARTS) is 1. The van der Waals surface area contributed by atoms with E-state index >= 15 is 0 Å². The number of carbonyl (C=O) groups excluding carboxylic acids is 1. The zero-order chi connectivity index (χ0) is 13.1. The summed E-state index contributed by atoms with van der Waals surface area (Å²) in [6.07, 6.45) is 2.37. The summed E-state index contributed by atoms with van der Waals surface area (Å²) in [7, 11) is 0.